The molecule has 1 fully saturated rings. The highest BCUT2D eigenvalue weighted by molar-refractivity contribution is 5.76. The first-order valence-corrected chi connectivity index (χ1v) is 8.67. The summed E-state index contributed by atoms with van der Waals surface area (Å²) in [5, 5.41) is 0. The van der Waals surface area contributed by atoms with Crippen molar-refractivity contribution < 1.29 is 18.0 Å². The van der Waals surface area contributed by atoms with Crippen LogP contribution in [-0.2, 0) is 11.3 Å². The van der Waals surface area contributed by atoms with Crippen molar-refractivity contribution in [3.05, 3.63) is 48.3 Å². The number of amides is 1. The Morgan fingerprint density at radius 3 is 2.73 bits per heavy atom. The van der Waals surface area contributed by atoms with Crippen molar-refractivity contribution in [2.24, 2.45) is 0 Å². The molecule has 1 amide bonds. The standard InChI is InChI=1S/C18H21F3N4O/c19-18(20,21)6-3-16(26)24-10-1-2-15(13-24)17-23-9-11-25(17)12-14-4-7-22-8-5-14/h4-5,7-9,11,15H,1-3,6,10,12-13H2/t15-/m0/s1. The van der Waals surface area contributed by atoms with Gasteiger partial charge >= 0.3 is 6.18 Å². The van der Waals surface area contributed by atoms with Crippen LogP contribution in [0.5, 0.6) is 0 Å². The van der Waals surface area contributed by atoms with Crippen LogP contribution in [0, 0.1) is 0 Å². The number of rotatable bonds is 5. The highest BCUT2D eigenvalue weighted by Gasteiger charge is 2.31. The average molecular weight is 366 g/mol. The van der Waals surface area contributed by atoms with Crippen molar-refractivity contribution in [3.63, 3.8) is 0 Å². The average Bonchev–Trinajstić information content (AvgIpc) is 3.08. The van der Waals surface area contributed by atoms with Gasteiger partial charge in [0.15, 0.2) is 0 Å². The molecule has 140 valence electrons. The SMILES string of the molecule is O=C(CCC(F)(F)F)N1CCC[C@H](c2nccn2Cc2ccncc2)C1. The molecule has 1 atom stereocenters. The van der Waals surface area contributed by atoms with Gasteiger partial charge in [-0.05, 0) is 30.5 Å². The summed E-state index contributed by atoms with van der Waals surface area (Å²) in [4.78, 5) is 22.1. The van der Waals surface area contributed by atoms with E-state index in [0.29, 0.717) is 19.6 Å². The van der Waals surface area contributed by atoms with E-state index in [2.05, 4.69) is 9.97 Å². The topological polar surface area (TPSA) is 51.0 Å². The molecule has 0 spiro atoms. The molecule has 3 rings (SSSR count). The Bertz CT molecular complexity index is 730. The second-order valence-corrected chi connectivity index (χ2v) is 6.56. The molecule has 0 N–H and O–H groups in total. The Morgan fingerprint density at radius 2 is 2.00 bits per heavy atom. The lowest BCUT2D eigenvalue weighted by Crippen LogP contribution is -2.40. The molecule has 8 heteroatoms. The summed E-state index contributed by atoms with van der Waals surface area (Å²) >= 11 is 0. The monoisotopic (exact) mass is 366 g/mol. The zero-order valence-electron chi connectivity index (χ0n) is 14.3. The van der Waals surface area contributed by atoms with Gasteiger partial charge in [-0.2, -0.15) is 13.2 Å². The minimum atomic E-state index is -4.30. The molecule has 5 nitrogen and oxygen atoms in total. The van der Waals surface area contributed by atoms with Crippen molar-refractivity contribution >= 4 is 5.91 Å². The Morgan fingerprint density at radius 1 is 1.23 bits per heavy atom. The predicted octanol–water partition coefficient (Wildman–Crippen LogP) is 3.37. The Labute approximate surface area is 149 Å². The summed E-state index contributed by atoms with van der Waals surface area (Å²) in [5.74, 6) is 0.477. The molecule has 0 unspecified atom stereocenters. The van der Waals surface area contributed by atoms with Gasteiger partial charge in [-0.25, -0.2) is 4.98 Å². The number of hydrogen-bond acceptors (Lipinski definition) is 3. The highest BCUT2D eigenvalue weighted by atomic mass is 19.4. The van der Waals surface area contributed by atoms with Crippen LogP contribution in [-0.4, -0.2) is 44.6 Å². The molecule has 1 saturated heterocycles. The third kappa shape index (κ3) is 4.83. The Hall–Kier alpha value is -2.38. The fourth-order valence-electron chi connectivity index (χ4n) is 3.32. The van der Waals surface area contributed by atoms with Crippen LogP contribution in [0.2, 0.25) is 0 Å². The van der Waals surface area contributed by atoms with Crippen molar-refractivity contribution in [1.29, 1.82) is 0 Å². The maximum Gasteiger partial charge on any atom is 0.389 e. The normalized spacial score (nSPS) is 18.1. The number of piperidine rings is 1. The summed E-state index contributed by atoms with van der Waals surface area (Å²) in [6.07, 6.45) is 2.86. The number of likely N-dealkylation sites (tertiary alicyclic amines) is 1. The lowest BCUT2D eigenvalue weighted by molar-refractivity contribution is -0.149. The molecule has 2 aromatic heterocycles. The second-order valence-electron chi connectivity index (χ2n) is 6.56. The molecule has 0 radical (unpaired) electrons. The maximum atomic E-state index is 12.4. The Balaban J connectivity index is 1.65. The van der Waals surface area contributed by atoms with Gasteiger partial charge in [0.2, 0.25) is 5.91 Å². The van der Waals surface area contributed by atoms with Gasteiger partial charge < -0.3 is 9.47 Å². The van der Waals surface area contributed by atoms with Crippen molar-refractivity contribution in [2.75, 3.05) is 13.1 Å². The molecule has 3 heterocycles. The van der Waals surface area contributed by atoms with Crippen molar-refractivity contribution in [1.82, 2.24) is 19.4 Å². The van der Waals surface area contributed by atoms with E-state index in [1.54, 1.807) is 23.5 Å². The summed E-state index contributed by atoms with van der Waals surface area (Å²) < 4.78 is 39.1. The van der Waals surface area contributed by atoms with Crippen LogP contribution in [0.3, 0.4) is 0 Å². The highest BCUT2D eigenvalue weighted by Crippen LogP contribution is 2.28. The van der Waals surface area contributed by atoms with Crippen LogP contribution in [0.15, 0.2) is 36.9 Å². The summed E-state index contributed by atoms with van der Waals surface area (Å²) in [5.41, 5.74) is 1.09. The second kappa shape index (κ2) is 7.88. The van der Waals surface area contributed by atoms with E-state index in [9.17, 15) is 18.0 Å². The van der Waals surface area contributed by atoms with E-state index in [4.69, 9.17) is 0 Å². The van der Waals surface area contributed by atoms with Gasteiger partial charge in [0.25, 0.3) is 0 Å². The first kappa shape index (κ1) is 18.4. The number of alkyl halides is 3. The van der Waals surface area contributed by atoms with E-state index >= 15 is 0 Å². The summed E-state index contributed by atoms with van der Waals surface area (Å²) in [7, 11) is 0. The van der Waals surface area contributed by atoms with Crippen LogP contribution in [0.1, 0.15) is 43.0 Å². The van der Waals surface area contributed by atoms with E-state index in [-0.39, 0.29) is 5.92 Å². The third-order valence-electron chi connectivity index (χ3n) is 4.61. The van der Waals surface area contributed by atoms with Crippen LogP contribution < -0.4 is 0 Å². The molecule has 26 heavy (non-hydrogen) atoms. The fraction of sp³-hybridized carbons (Fsp3) is 0.500. The zero-order valence-corrected chi connectivity index (χ0v) is 14.3. The number of hydrogen-bond donors (Lipinski definition) is 0. The number of carbonyl (C=O) groups is 1. The molecule has 2 aromatic rings. The molecule has 0 bridgehead atoms. The van der Waals surface area contributed by atoms with Gasteiger partial charge in [0, 0.05) is 56.8 Å². The van der Waals surface area contributed by atoms with Crippen molar-refractivity contribution in [3.8, 4) is 0 Å². The van der Waals surface area contributed by atoms with Gasteiger partial charge in [-0.3, -0.25) is 9.78 Å². The van der Waals surface area contributed by atoms with Crippen LogP contribution in [0.25, 0.3) is 0 Å². The van der Waals surface area contributed by atoms with Gasteiger partial charge in [0.05, 0.1) is 6.42 Å². The maximum absolute atomic E-state index is 12.4. The molecule has 1 aliphatic heterocycles. The quantitative estimate of drug-likeness (QED) is 0.815. The largest absolute Gasteiger partial charge is 0.389 e. The van der Waals surface area contributed by atoms with E-state index in [1.807, 2.05) is 22.9 Å². The van der Waals surface area contributed by atoms with E-state index < -0.39 is 24.9 Å². The lowest BCUT2D eigenvalue weighted by atomic mass is 9.96. The third-order valence-corrected chi connectivity index (χ3v) is 4.61. The van der Waals surface area contributed by atoms with Crippen molar-refractivity contribution in [2.45, 2.75) is 44.3 Å². The minimum absolute atomic E-state index is 0.0374. The van der Waals surface area contributed by atoms with Crippen LogP contribution >= 0.6 is 0 Å². The molecule has 0 aromatic carbocycles. The van der Waals surface area contributed by atoms with E-state index in [1.165, 1.54) is 0 Å². The number of imidazole rings is 1. The molecular weight excluding hydrogens is 345 g/mol. The first-order chi connectivity index (χ1) is 12.4. The van der Waals surface area contributed by atoms with Gasteiger partial charge in [-0.15, -0.1) is 0 Å². The first-order valence-electron chi connectivity index (χ1n) is 8.67. The molecule has 1 aliphatic rings. The zero-order chi connectivity index (χ0) is 18.6. The number of nitrogens with zero attached hydrogens (tertiary/aromatic N) is 4. The van der Waals surface area contributed by atoms with E-state index in [0.717, 1.165) is 24.2 Å². The molecular formula is C18H21F3N4O. The fourth-order valence-corrected chi connectivity index (χ4v) is 3.32. The predicted molar refractivity (Wildman–Crippen MR) is 89.4 cm³/mol. The lowest BCUT2D eigenvalue weighted by Gasteiger charge is -2.33. The number of carbonyl (C=O) groups excluding carboxylic acids is 1. The Kier molecular flexibility index (Phi) is 5.58. The number of pyridine rings is 1. The molecule has 0 saturated carbocycles. The van der Waals surface area contributed by atoms with Gasteiger partial charge in [-0.1, -0.05) is 0 Å². The number of aromatic nitrogens is 3. The number of halogens is 3. The van der Waals surface area contributed by atoms with Gasteiger partial charge in [0.1, 0.15) is 5.82 Å². The van der Waals surface area contributed by atoms with Crippen LogP contribution in [0.4, 0.5) is 13.2 Å². The summed E-state index contributed by atoms with van der Waals surface area (Å²) in [6.45, 7) is 1.58. The minimum Gasteiger partial charge on any atom is -0.342 e. The molecule has 0 aliphatic carbocycles. The summed E-state index contributed by atoms with van der Waals surface area (Å²) in [6, 6.07) is 3.86. The smallest absolute Gasteiger partial charge is 0.342 e.